The summed E-state index contributed by atoms with van der Waals surface area (Å²) in [5, 5.41) is 13.2. The van der Waals surface area contributed by atoms with Crippen LogP contribution in [0.5, 0.6) is 5.75 Å². The Morgan fingerprint density at radius 1 is 1.27 bits per heavy atom. The number of anilines is 1. The first-order chi connectivity index (χ1) is 10.8. The molecule has 0 aliphatic rings. The minimum atomic E-state index is 0.504. The summed E-state index contributed by atoms with van der Waals surface area (Å²) in [7, 11) is 1.62. The molecule has 0 aliphatic carbocycles. The molecule has 0 saturated heterocycles. The molecule has 22 heavy (non-hydrogen) atoms. The van der Waals surface area contributed by atoms with E-state index in [-0.39, 0.29) is 0 Å². The number of thiazole rings is 1. The Labute approximate surface area is 132 Å². The second-order valence-electron chi connectivity index (χ2n) is 4.53. The summed E-state index contributed by atoms with van der Waals surface area (Å²) >= 11 is 1.51. The van der Waals surface area contributed by atoms with Crippen molar-refractivity contribution in [3.63, 3.8) is 0 Å². The summed E-state index contributed by atoms with van der Waals surface area (Å²) in [5.74, 6) is 0.761. The van der Waals surface area contributed by atoms with Crippen LogP contribution in [-0.2, 0) is 0 Å². The largest absolute Gasteiger partial charge is 0.497 e. The second kappa shape index (κ2) is 6.29. The monoisotopic (exact) mass is 307 g/mol. The van der Waals surface area contributed by atoms with E-state index in [0.717, 1.165) is 21.7 Å². The van der Waals surface area contributed by atoms with Crippen LogP contribution < -0.4 is 10.1 Å². The van der Waals surface area contributed by atoms with Crippen LogP contribution in [0.4, 0.5) is 5.69 Å². The van der Waals surface area contributed by atoms with Crippen LogP contribution >= 0.6 is 11.3 Å². The van der Waals surface area contributed by atoms with Crippen LogP contribution in [-0.4, -0.2) is 12.1 Å². The molecule has 0 atom stereocenters. The van der Waals surface area contributed by atoms with Gasteiger partial charge < -0.3 is 10.1 Å². The van der Waals surface area contributed by atoms with Gasteiger partial charge in [0.2, 0.25) is 0 Å². The van der Waals surface area contributed by atoms with Crippen molar-refractivity contribution in [1.29, 1.82) is 5.26 Å². The number of hydrogen-bond donors (Lipinski definition) is 1. The normalized spacial score (nSPS) is 11.2. The molecule has 5 heteroatoms. The number of nitrogens with zero attached hydrogens (tertiary/aromatic N) is 2. The van der Waals surface area contributed by atoms with E-state index in [4.69, 9.17) is 4.74 Å². The van der Waals surface area contributed by atoms with Crippen LogP contribution in [0.3, 0.4) is 0 Å². The summed E-state index contributed by atoms with van der Waals surface area (Å²) in [6.07, 6.45) is 1.67. The Morgan fingerprint density at radius 2 is 2.14 bits per heavy atom. The van der Waals surface area contributed by atoms with Gasteiger partial charge in [0.15, 0.2) is 0 Å². The predicted octanol–water partition coefficient (Wildman–Crippen LogP) is 4.28. The van der Waals surface area contributed by atoms with E-state index >= 15 is 0 Å². The third-order valence-electron chi connectivity index (χ3n) is 3.10. The molecule has 2 aromatic carbocycles. The number of allylic oxidation sites excluding steroid dienone is 1. The molecule has 1 heterocycles. The molecule has 0 radical (unpaired) electrons. The zero-order valence-electron chi connectivity index (χ0n) is 11.9. The topological polar surface area (TPSA) is 57.9 Å². The van der Waals surface area contributed by atoms with E-state index in [9.17, 15) is 5.26 Å². The zero-order chi connectivity index (χ0) is 15.4. The second-order valence-corrected chi connectivity index (χ2v) is 5.56. The van der Waals surface area contributed by atoms with Crippen molar-refractivity contribution in [2.24, 2.45) is 0 Å². The molecule has 0 saturated carbocycles. The molecule has 0 spiro atoms. The molecule has 4 nitrogen and oxygen atoms in total. The van der Waals surface area contributed by atoms with Crippen LogP contribution in [0.1, 0.15) is 5.01 Å². The number of ether oxygens (including phenoxy) is 1. The van der Waals surface area contributed by atoms with Gasteiger partial charge in [0.05, 0.1) is 17.3 Å². The average Bonchev–Trinajstić information content (AvgIpc) is 2.99. The molecule has 0 unspecified atom stereocenters. The maximum Gasteiger partial charge on any atom is 0.136 e. The fourth-order valence-electron chi connectivity index (χ4n) is 2.00. The van der Waals surface area contributed by atoms with Gasteiger partial charge in [-0.05, 0) is 24.3 Å². The molecule has 1 aromatic heterocycles. The fraction of sp³-hybridized carbons (Fsp3) is 0.0588. The smallest absolute Gasteiger partial charge is 0.136 e. The van der Waals surface area contributed by atoms with Crippen LogP contribution in [0.2, 0.25) is 0 Å². The van der Waals surface area contributed by atoms with Crippen LogP contribution in [0.25, 0.3) is 15.8 Å². The quantitative estimate of drug-likeness (QED) is 0.731. The van der Waals surface area contributed by atoms with E-state index in [2.05, 4.69) is 16.4 Å². The Balaban J connectivity index is 1.88. The number of para-hydroxylation sites is 1. The summed E-state index contributed by atoms with van der Waals surface area (Å²) in [6, 6.07) is 17.6. The first-order valence-electron chi connectivity index (χ1n) is 6.67. The maximum atomic E-state index is 9.37. The number of nitrogens with one attached hydrogen (secondary N) is 1. The van der Waals surface area contributed by atoms with Crippen molar-refractivity contribution in [2.45, 2.75) is 0 Å². The van der Waals surface area contributed by atoms with E-state index in [1.165, 1.54) is 11.3 Å². The highest BCUT2D eigenvalue weighted by atomic mass is 32.1. The lowest BCUT2D eigenvalue weighted by Gasteiger charge is -2.04. The van der Waals surface area contributed by atoms with Gasteiger partial charge >= 0.3 is 0 Å². The number of rotatable bonds is 4. The highest BCUT2D eigenvalue weighted by molar-refractivity contribution is 7.19. The highest BCUT2D eigenvalue weighted by Gasteiger charge is 2.08. The lowest BCUT2D eigenvalue weighted by Crippen LogP contribution is -1.91. The van der Waals surface area contributed by atoms with Crippen LogP contribution in [0, 0.1) is 11.3 Å². The summed E-state index contributed by atoms with van der Waals surface area (Å²) in [5.41, 5.74) is 2.27. The molecule has 0 fully saturated rings. The lowest BCUT2D eigenvalue weighted by atomic mass is 10.3. The van der Waals surface area contributed by atoms with Crippen molar-refractivity contribution in [1.82, 2.24) is 4.98 Å². The van der Waals surface area contributed by atoms with Crippen molar-refractivity contribution < 1.29 is 4.74 Å². The van der Waals surface area contributed by atoms with E-state index in [0.29, 0.717) is 10.6 Å². The third-order valence-corrected chi connectivity index (χ3v) is 4.17. The summed E-state index contributed by atoms with van der Waals surface area (Å²) in [6.45, 7) is 0. The molecule has 108 valence electrons. The molecular formula is C17H13N3OS. The standard InChI is InChI=1S/C17H13N3OS/c1-21-14-6-4-5-13(9-14)19-11-12(10-18)17-20-15-7-2-3-8-16(15)22-17/h2-9,11,19H,1H3/b12-11+. The van der Waals surface area contributed by atoms with E-state index < -0.39 is 0 Å². The first-order valence-corrected chi connectivity index (χ1v) is 7.48. The van der Waals surface area contributed by atoms with Crippen LogP contribution in [0.15, 0.2) is 54.7 Å². The third kappa shape index (κ3) is 2.92. The number of benzene rings is 2. The van der Waals surface area contributed by atoms with Crippen molar-refractivity contribution in [2.75, 3.05) is 12.4 Å². The van der Waals surface area contributed by atoms with E-state index in [1.807, 2.05) is 48.5 Å². The van der Waals surface area contributed by atoms with Crippen molar-refractivity contribution in [3.8, 4) is 11.8 Å². The number of nitriles is 1. The predicted molar refractivity (Wildman–Crippen MR) is 89.8 cm³/mol. The van der Waals surface area contributed by atoms with Gasteiger partial charge in [-0.1, -0.05) is 18.2 Å². The molecule has 0 amide bonds. The fourth-order valence-corrected chi connectivity index (χ4v) is 2.93. The van der Waals surface area contributed by atoms with Gasteiger partial charge in [0, 0.05) is 18.0 Å². The molecule has 0 bridgehead atoms. The Morgan fingerprint density at radius 3 is 2.91 bits per heavy atom. The van der Waals surface area contributed by atoms with Gasteiger partial charge in [-0.25, -0.2) is 4.98 Å². The Bertz CT molecular complexity index is 844. The SMILES string of the molecule is COc1cccc(N/C=C(\C#N)c2nc3ccccc3s2)c1. The Kier molecular flexibility index (Phi) is 4.03. The number of hydrogen-bond acceptors (Lipinski definition) is 5. The van der Waals surface area contributed by atoms with Crippen molar-refractivity contribution in [3.05, 3.63) is 59.7 Å². The van der Waals surface area contributed by atoms with E-state index in [1.54, 1.807) is 13.3 Å². The molecular weight excluding hydrogens is 294 g/mol. The summed E-state index contributed by atoms with van der Waals surface area (Å²) in [4.78, 5) is 4.49. The summed E-state index contributed by atoms with van der Waals surface area (Å²) < 4.78 is 6.25. The van der Waals surface area contributed by atoms with Gasteiger partial charge in [-0.15, -0.1) is 11.3 Å². The molecule has 1 N–H and O–H groups in total. The van der Waals surface area contributed by atoms with Gasteiger partial charge in [-0.2, -0.15) is 5.26 Å². The number of fused-ring (bicyclic) bond motifs is 1. The Hall–Kier alpha value is -2.84. The number of aromatic nitrogens is 1. The molecule has 0 aliphatic heterocycles. The maximum absolute atomic E-state index is 9.37. The van der Waals surface area contributed by atoms with Crippen molar-refractivity contribution >= 4 is 32.8 Å². The molecule has 3 aromatic rings. The first kappa shape index (κ1) is 14.1. The number of methoxy groups -OCH3 is 1. The minimum Gasteiger partial charge on any atom is -0.497 e. The highest BCUT2D eigenvalue weighted by Crippen LogP contribution is 2.27. The van der Waals surface area contributed by atoms with Gasteiger partial charge in [0.1, 0.15) is 22.4 Å². The van der Waals surface area contributed by atoms with Gasteiger partial charge in [0.25, 0.3) is 0 Å². The average molecular weight is 307 g/mol. The zero-order valence-corrected chi connectivity index (χ0v) is 12.7. The molecule has 3 rings (SSSR count). The minimum absolute atomic E-state index is 0.504. The lowest BCUT2D eigenvalue weighted by molar-refractivity contribution is 0.415. The van der Waals surface area contributed by atoms with Gasteiger partial charge in [-0.3, -0.25) is 0 Å².